The van der Waals surface area contributed by atoms with E-state index in [1.165, 1.54) is 45.2 Å². The van der Waals surface area contributed by atoms with E-state index in [0.717, 1.165) is 35.9 Å². The zero-order chi connectivity index (χ0) is 18.4. The summed E-state index contributed by atoms with van der Waals surface area (Å²) in [4.78, 5) is 15.9. The zero-order valence-electron chi connectivity index (χ0n) is 16.3. The number of piperidine rings is 2. The fourth-order valence-electron chi connectivity index (χ4n) is 4.18. The molecule has 25 heavy (non-hydrogen) atoms. The summed E-state index contributed by atoms with van der Waals surface area (Å²) in [6.45, 7) is 12.3. The topological polar surface area (TPSA) is 49.6 Å². The molecule has 0 unspecified atom stereocenters. The number of likely N-dealkylation sites (tertiary alicyclic amines) is 1. The third-order valence-electron chi connectivity index (χ3n) is 5.40. The molecule has 0 saturated carbocycles. The van der Waals surface area contributed by atoms with Crippen molar-refractivity contribution in [1.82, 2.24) is 4.90 Å². The number of nitrogens with zero attached hydrogens (tertiary/aromatic N) is 3. The van der Waals surface area contributed by atoms with Gasteiger partial charge < -0.3 is 9.80 Å². The van der Waals surface area contributed by atoms with Crippen molar-refractivity contribution in [1.29, 1.82) is 0 Å². The van der Waals surface area contributed by atoms with Crippen LogP contribution in [0.25, 0.3) is 0 Å². The molecular formula is C20H33N3O2. The molecular weight excluding hydrogens is 314 g/mol. The first-order valence-corrected chi connectivity index (χ1v) is 9.81. The molecule has 3 rings (SSSR count). The number of hydrogen-bond acceptors (Lipinski definition) is 4. The molecule has 0 aromatic heterocycles. The molecule has 0 radical (unpaired) electrons. The van der Waals surface area contributed by atoms with Crippen LogP contribution in [-0.2, 0) is 0 Å². The molecule has 0 spiro atoms. The highest BCUT2D eigenvalue weighted by molar-refractivity contribution is 5.59. The minimum absolute atomic E-state index is 0.261. The molecule has 0 N–H and O–H groups in total. The van der Waals surface area contributed by atoms with Gasteiger partial charge in [0, 0.05) is 35.9 Å². The quantitative estimate of drug-likeness (QED) is 0.588. The number of rotatable bonds is 3. The van der Waals surface area contributed by atoms with Gasteiger partial charge in [0.2, 0.25) is 0 Å². The van der Waals surface area contributed by atoms with Crippen LogP contribution < -0.4 is 4.90 Å². The third kappa shape index (κ3) is 4.72. The van der Waals surface area contributed by atoms with Crippen LogP contribution in [0.3, 0.4) is 0 Å². The van der Waals surface area contributed by atoms with Crippen molar-refractivity contribution >= 4 is 11.4 Å². The van der Waals surface area contributed by atoms with Crippen LogP contribution in [-0.4, -0.2) is 42.0 Å². The van der Waals surface area contributed by atoms with Crippen molar-refractivity contribution < 1.29 is 4.92 Å². The first kappa shape index (κ1) is 19.7. The van der Waals surface area contributed by atoms with E-state index in [-0.39, 0.29) is 10.6 Å². The number of benzene rings is 1. The van der Waals surface area contributed by atoms with Gasteiger partial charge in [-0.25, -0.2) is 0 Å². The fraction of sp³-hybridized carbons (Fsp3) is 0.700. The van der Waals surface area contributed by atoms with Crippen LogP contribution in [0.1, 0.15) is 57.1 Å². The lowest BCUT2D eigenvalue weighted by molar-refractivity contribution is -0.386. The molecule has 1 aromatic carbocycles. The molecule has 0 atom stereocenters. The first-order chi connectivity index (χ1) is 12.1. The van der Waals surface area contributed by atoms with Gasteiger partial charge in [-0.15, -0.1) is 0 Å². The summed E-state index contributed by atoms with van der Waals surface area (Å²) >= 11 is 0. The standard InChI is InChI=1S/C18H27N3O2.C2H6/c1-14-12-17(13-15(2)18(14)21(22)23)20-10-6-16(7-11-20)19-8-4-3-5-9-19;1-2/h12-13,16H,3-11H2,1-2H3;1-2H3. The van der Waals surface area contributed by atoms with Gasteiger partial charge in [0.15, 0.2) is 0 Å². The van der Waals surface area contributed by atoms with Crippen LogP contribution in [0.4, 0.5) is 11.4 Å². The summed E-state index contributed by atoms with van der Waals surface area (Å²) in [6.07, 6.45) is 6.49. The molecule has 0 amide bonds. The van der Waals surface area contributed by atoms with Crippen molar-refractivity contribution in [3.05, 3.63) is 33.4 Å². The molecule has 2 saturated heterocycles. The molecule has 5 heteroatoms. The van der Waals surface area contributed by atoms with E-state index >= 15 is 0 Å². The maximum absolute atomic E-state index is 11.1. The Bertz CT molecular complexity index is 551. The Morgan fingerprint density at radius 2 is 1.48 bits per heavy atom. The van der Waals surface area contributed by atoms with Crippen molar-refractivity contribution in [3.63, 3.8) is 0 Å². The van der Waals surface area contributed by atoms with E-state index in [1.807, 2.05) is 39.8 Å². The van der Waals surface area contributed by atoms with Crippen molar-refractivity contribution in [2.75, 3.05) is 31.1 Å². The Morgan fingerprint density at radius 1 is 0.960 bits per heavy atom. The largest absolute Gasteiger partial charge is 0.371 e. The summed E-state index contributed by atoms with van der Waals surface area (Å²) in [5.41, 5.74) is 2.94. The monoisotopic (exact) mass is 347 g/mol. The van der Waals surface area contributed by atoms with Crippen molar-refractivity contribution in [2.45, 2.75) is 65.8 Å². The Balaban J connectivity index is 0.00000109. The SMILES string of the molecule is CC.Cc1cc(N2CCC(N3CCCCC3)CC2)cc(C)c1[N+](=O)[O-]. The Kier molecular flexibility index (Phi) is 7.24. The lowest BCUT2D eigenvalue weighted by Gasteiger charge is -2.41. The Hall–Kier alpha value is -1.62. The van der Waals surface area contributed by atoms with E-state index in [0.29, 0.717) is 0 Å². The van der Waals surface area contributed by atoms with E-state index in [4.69, 9.17) is 0 Å². The summed E-state index contributed by atoms with van der Waals surface area (Å²) in [5.74, 6) is 0. The molecule has 5 nitrogen and oxygen atoms in total. The second-order valence-corrected chi connectivity index (χ2v) is 7.00. The van der Waals surface area contributed by atoms with Crippen LogP contribution in [0.2, 0.25) is 0 Å². The molecule has 2 heterocycles. The highest BCUT2D eigenvalue weighted by Crippen LogP contribution is 2.31. The van der Waals surface area contributed by atoms with Crippen LogP contribution >= 0.6 is 0 Å². The molecule has 2 aliphatic heterocycles. The van der Waals surface area contributed by atoms with E-state index in [2.05, 4.69) is 9.80 Å². The van der Waals surface area contributed by atoms with Gasteiger partial charge in [0.05, 0.1) is 4.92 Å². The van der Waals surface area contributed by atoms with Crippen molar-refractivity contribution in [3.8, 4) is 0 Å². The smallest absolute Gasteiger partial charge is 0.275 e. The number of aryl methyl sites for hydroxylation is 2. The second-order valence-electron chi connectivity index (χ2n) is 7.00. The molecule has 2 aliphatic rings. The van der Waals surface area contributed by atoms with Gasteiger partial charge in [-0.1, -0.05) is 20.3 Å². The average Bonchev–Trinajstić information content (AvgIpc) is 2.63. The maximum Gasteiger partial charge on any atom is 0.275 e. The van der Waals surface area contributed by atoms with Gasteiger partial charge in [0.25, 0.3) is 5.69 Å². The van der Waals surface area contributed by atoms with Gasteiger partial charge in [-0.05, 0) is 64.8 Å². The van der Waals surface area contributed by atoms with Crippen LogP contribution in [0.15, 0.2) is 12.1 Å². The average molecular weight is 348 g/mol. The molecule has 0 aliphatic carbocycles. The lowest BCUT2D eigenvalue weighted by Crippen LogP contribution is -2.46. The highest BCUT2D eigenvalue weighted by atomic mass is 16.6. The Labute approximate surface area is 152 Å². The zero-order valence-corrected chi connectivity index (χ0v) is 16.3. The molecule has 0 bridgehead atoms. The predicted molar refractivity (Wildman–Crippen MR) is 105 cm³/mol. The van der Waals surface area contributed by atoms with E-state index in [1.54, 1.807) is 0 Å². The number of nitro groups is 1. The van der Waals surface area contributed by atoms with E-state index in [9.17, 15) is 10.1 Å². The minimum Gasteiger partial charge on any atom is -0.371 e. The van der Waals surface area contributed by atoms with Gasteiger partial charge >= 0.3 is 0 Å². The molecule has 140 valence electrons. The highest BCUT2D eigenvalue weighted by Gasteiger charge is 2.26. The number of nitro benzene ring substituents is 1. The van der Waals surface area contributed by atoms with Crippen LogP contribution in [0, 0.1) is 24.0 Å². The predicted octanol–water partition coefficient (Wildman–Crippen LogP) is 4.69. The lowest BCUT2D eigenvalue weighted by atomic mass is 9.98. The summed E-state index contributed by atoms with van der Waals surface area (Å²) in [7, 11) is 0. The van der Waals surface area contributed by atoms with Gasteiger partial charge in [0.1, 0.15) is 0 Å². The number of anilines is 1. The fourth-order valence-corrected chi connectivity index (χ4v) is 4.18. The minimum atomic E-state index is -0.267. The van der Waals surface area contributed by atoms with Gasteiger partial charge in [-0.2, -0.15) is 0 Å². The Morgan fingerprint density at radius 3 is 1.96 bits per heavy atom. The third-order valence-corrected chi connectivity index (χ3v) is 5.40. The van der Waals surface area contributed by atoms with Crippen LogP contribution in [0.5, 0.6) is 0 Å². The second kappa shape index (κ2) is 9.18. The summed E-state index contributed by atoms with van der Waals surface area (Å²) < 4.78 is 0. The summed E-state index contributed by atoms with van der Waals surface area (Å²) in [5, 5.41) is 11.1. The van der Waals surface area contributed by atoms with Crippen molar-refractivity contribution in [2.24, 2.45) is 0 Å². The number of hydrogen-bond donors (Lipinski definition) is 0. The maximum atomic E-state index is 11.1. The van der Waals surface area contributed by atoms with E-state index < -0.39 is 0 Å². The molecule has 1 aromatic rings. The van der Waals surface area contributed by atoms with Gasteiger partial charge in [-0.3, -0.25) is 10.1 Å². The normalized spacial score (nSPS) is 19.3. The molecule has 2 fully saturated rings. The summed E-state index contributed by atoms with van der Waals surface area (Å²) in [6, 6.07) is 4.69. The first-order valence-electron chi connectivity index (χ1n) is 9.81.